The zero-order valence-corrected chi connectivity index (χ0v) is 6.08. The second-order valence-electron chi connectivity index (χ2n) is 2.48. The fraction of sp³-hybridized carbons (Fsp3) is 0.667. The molecule has 4 N–H and O–H groups in total. The average molecular weight is 157 g/mol. The topological polar surface area (TPSA) is 87.7 Å². The van der Waals surface area contributed by atoms with Crippen LogP contribution in [0.1, 0.15) is 12.8 Å². The number of carboxylic acids is 1. The standard InChI is InChI=1S/C6H11N3O2/c7-5(6(10)11)3-4-1-2-8-9-4/h5,8H,1-3,7H2,(H,10,11). The van der Waals surface area contributed by atoms with Crippen LogP contribution in [0.5, 0.6) is 0 Å². The van der Waals surface area contributed by atoms with Crippen molar-refractivity contribution >= 4 is 11.7 Å². The lowest BCUT2D eigenvalue weighted by Crippen LogP contribution is -2.32. The van der Waals surface area contributed by atoms with Gasteiger partial charge in [-0.15, -0.1) is 0 Å². The molecule has 0 aromatic carbocycles. The van der Waals surface area contributed by atoms with Crippen LogP contribution in [-0.2, 0) is 4.79 Å². The molecule has 0 radical (unpaired) electrons. The van der Waals surface area contributed by atoms with Gasteiger partial charge in [0.05, 0.1) is 0 Å². The Morgan fingerprint density at radius 3 is 3.09 bits per heavy atom. The Morgan fingerprint density at radius 1 is 1.91 bits per heavy atom. The molecule has 0 fully saturated rings. The second-order valence-corrected chi connectivity index (χ2v) is 2.48. The molecule has 1 heterocycles. The third-order valence-electron chi connectivity index (χ3n) is 1.54. The van der Waals surface area contributed by atoms with E-state index in [9.17, 15) is 4.79 Å². The van der Waals surface area contributed by atoms with Crippen molar-refractivity contribution in [1.29, 1.82) is 0 Å². The summed E-state index contributed by atoms with van der Waals surface area (Å²) in [6.45, 7) is 0.793. The first-order chi connectivity index (χ1) is 5.20. The number of nitrogens with one attached hydrogen (secondary N) is 1. The largest absolute Gasteiger partial charge is 0.480 e. The summed E-state index contributed by atoms with van der Waals surface area (Å²) >= 11 is 0. The summed E-state index contributed by atoms with van der Waals surface area (Å²) in [7, 11) is 0. The maximum absolute atomic E-state index is 10.3. The van der Waals surface area contributed by atoms with Gasteiger partial charge in [0.1, 0.15) is 6.04 Å². The Hall–Kier alpha value is -1.10. The van der Waals surface area contributed by atoms with Crippen LogP contribution in [0.15, 0.2) is 5.10 Å². The molecule has 0 bridgehead atoms. The molecule has 5 heteroatoms. The maximum Gasteiger partial charge on any atom is 0.320 e. The molecule has 62 valence electrons. The van der Waals surface area contributed by atoms with Crippen molar-refractivity contribution in [3.05, 3.63) is 0 Å². The number of aliphatic carboxylic acids is 1. The van der Waals surface area contributed by atoms with E-state index in [1.807, 2.05) is 0 Å². The lowest BCUT2D eigenvalue weighted by atomic mass is 10.1. The van der Waals surface area contributed by atoms with Gasteiger partial charge in [-0.3, -0.25) is 4.79 Å². The van der Waals surface area contributed by atoms with E-state index in [4.69, 9.17) is 10.8 Å². The van der Waals surface area contributed by atoms with E-state index in [2.05, 4.69) is 10.5 Å². The fourth-order valence-electron chi connectivity index (χ4n) is 0.913. The van der Waals surface area contributed by atoms with E-state index < -0.39 is 12.0 Å². The first-order valence-corrected chi connectivity index (χ1v) is 3.47. The number of hydrogen-bond donors (Lipinski definition) is 3. The minimum absolute atomic E-state index is 0.350. The Kier molecular flexibility index (Phi) is 2.43. The highest BCUT2D eigenvalue weighted by atomic mass is 16.4. The van der Waals surface area contributed by atoms with E-state index in [1.54, 1.807) is 0 Å². The van der Waals surface area contributed by atoms with Crippen molar-refractivity contribution in [2.75, 3.05) is 6.54 Å². The zero-order chi connectivity index (χ0) is 8.27. The Bertz CT molecular complexity index is 190. The first-order valence-electron chi connectivity index (χ1n) is 3.47. The monoisotopic (exact) mass is 157 g/mol. The van der Waals surface area contributed by atoms with Gasteiger partial charge in [-0.2, -0.15) is 5.10 Å². The third kappa shape index (κ3) is 2.19. The number of carbonyl (C=O) groups is 1. The highest BCUT2D eigenvalue weighted by molar-refractivity contribution is 5.90. The highest BCUT2D eigenvalue weighted by Gasteiger charge is 2.16. The predicted octanol–water partition coefficient (Wildman–Crippen LogP) is -0.862. The van der Waals surface area contributed by atoms with Crippen molar-refractivity contribution in [2.45, 2.75) is 18.9 Å². The Labute approximate surface area is 64.3 Å². The first kappa shape index (κ1) is 8.00. The SMILES string of the molecule is NC(CC1=NNCC1)C(=O)O. The average Bonchev–Trinajstić information content (AvgIpc) is 2.39. The summed E-state index contributed by atoms with van der Waals surface area (Å²) in [5.74, 6) is -0.973. The molecule has 1 rings (SSSR count). The van der Waals surface area contributed by atoms with Crippen LogP contribution in [0.3, 0.4) is 0 Å². The number of nitrogens with two attached hydrogens (primary N) is 1. The minimum Gasteiger partial charge on any atom is -0.480 e. The molecule has 1 aliphatic heterocycles. The number of nitrogens with zero attached hydrogens (tertiary/aromatic N) is 1. The number of hydrogen-bond acceptors (Lipinski definition) is 4. The normalized spacial score (nSPS) is 18.8. The molecule has 0 amide bonds. The molecule has 5 nitrogen and oxygen atoms in total. The molecule has 1 unspecified atom stereocenters. The molecule has 1 atom stereocenters. The zero-order valence-electron chi connectivity index (χ0n) is 6.08. The molecule has 0 aromatic heterocycles. The van der Waals surface area contributed by atoms with E-state index in [1.165, 1.54) is 0 Å². The van der Waals surface area contributed by atoms with Crippen LogP contribution >= 0.6 is 0 Å². The highest BCUT2D eigenvalue weighted by Crippen LogP contribution is 2.00. The van der Waals surface area contributed by atoms with Gasteiger partial charge in [0, 0.05) is 25.1 Å². The molecule has 0 aromatic rings. The molecule has 0 saturated carbocycles. The van der Waals surface area contributed by atoms with Gasteiger partial charge < -0.3 is 16.3 Å². The quantitative estimate of drug-likeness (QED) is 0.497. The molecule has 0 saturated heterocycles. The summed E-state index contributed by atoms with van der Waals surface area (Å²) in [5, 5.41) is 12.3. The van der Waals surface area contributed by atoms with Gasteiger partial charge in [-0.25, -0.2) is 0 Å². The summed E-state index contributed by atoms with van der Waals surface area (Å²) in [4.78, 5) is 10.3. The van der Waals surface area contributed by atoms with Gasteiger partial charge >= 0.3 is 5.97 Å². The Balaban J connectivity index is 2.35. The van der Waals surface area contributed by atoms with Crippen LogP contribution in [0.25, 0.3) is 0 Å². The van der Waals surface area contributed by atoms with Crippen LogP contribution in [0.2, 0.25) is 0 Å². The summed E-state index contributed by atoms with van der Waals surface area (Å²) < 4.78 is 0. The molecule has 0 spiro atoms. The van der Waals surface area contributed by atoms with Crippen LogP contribution < -0.4 is 11.2 Å². The van der Waals surface area contributed by atoms with Gasteiger partial charge in [0.25, 0.3) is 0 Å². The van der Waals surface area contributed by atoms with Crippen molar-refractivity contribution in [3.8, 4) is 0 Å². The van der Waals surface area contributed by atoms with Crippen molar-refractivity contribution in [3.63, 3.8) is 0 Å². The van der Waals surface area contributed by atoms with Gasteiger partial charge in [-0.05, 0) is 0 Å². The Morgan fingerprint density at radius 2 is 2.64 bits per heavy atom. The second kappa shape index (κ2) is 3.34. The lowest BCUT2D eigenvalue weighted by molar-refractivity contribution is -0.138. The summed E-state index contributed by atoms with van der Waals surface area (Å²) in [6, 6.07) is -0.811. The number of hydrazone groups is 1. The number of carboxylic acid groups (broad SMARTS) is 1. The molecule has 0 aliphatic carbocycles. The smallest absolute Gasteiger partial charge is 0.320 e. The van der Waals surface area contributed by atoms with Crippen LogP contribution in [0.4, 0.5) is 0 Å². The van der Waals surface area contributed by atoms with E-state index in [0.717, 1.165) is 18.7 Å². The van der Waals surface area contributed by atoms with Crippen LogP contribution in [-0.4, -0.2) is 29.4 Å². The van der Waals surface area contributed by atoms with Gasteiger partial charge in [-0.1, -0.05) is 0 Å². The predicted molar refractivity (Wildman–Crippen MR) is 40.3 cm³/mol. The number of rotatable bonds is 3. The van der Waals surface area contributed by atoms with Crippen LogP contribution in [0, 0.1) is 0 Å². The summed E-state index contributed by atoms with van der Waals surface area (Å²) in [6.07, 6.45) is 1.16. The van der Waals surface area contributed by atoms with E-state index in [0.29, 0.717) is 6.42 Å². The van der Waals surface area contributed by atoms with Crippen molar-refractivity contribution in [2.24, 2.45) is 10.8 Å². The van der Waals surface area contributed by atoms with Crippen molar-refractivity contribution < 1.29 is 9.90 Å². The van der Waals surface area contributed by atoms with Gasteiger partial charge in [0.2, 0.25) is 0 Å². The molecule has 11 heavy (non-hydrogen) atoms. The minimum atomic E-state index is -0.973. The van der Waals surface area contributed by atoms with Gasteiger partial charge in [0.15, 0.2) is 0 Å². The van der Waals surface area contributed by atoms with E-state index >= 15 is 0 Å². The maximum atomic E-state index is 10.3. The summed E-state index contributed by atoms with van der Waals surface area (Å²) in [5.41, 5.74) is 8.89. The lowest BCUT2D eigenvalue weighted by Gasteiger charge is -2.03. The molecular weight excluding hydrogens is 146 g/mol. The van der Waals surface area contributed by atoms with Crippen molar-refractivity contribution in [1.82, 2.24) is 5.43 Å². The molecule has 1 aliphatic rings. The van der Waals surface area contributed by atoms with E-state index in [-0.39, 0.29) is 0 Å². The molecular formula is C6H11N3O2. The fourth-order valence-corrected chi connectivity index (χ4v) is 0.913. The third-order valence-corrected chi connectivity index (χ3v) is 1.54.